The van der Waals surface area contributed by atoms with Crippen LogP contribution in [0.1, 0.15) is 5.56 Å². The monoisotopic (exact) mass is 834 g/mol. The van der Waals surface area contributed by atoms with E-state index >= 15 is 0 Å². The molecule has 0 N–H and O–H groups in total. The molecule has 1 heterocycles. The van der Waals surface area contributed by atoms with Gasteiger partial charge in [0.15, 0.2) is 0 Å². The third-order valence-corrected chi connectivity index (χ3v) is 12.2. The summed E-state index contributed by atoms with van der Waals surface area (Å²) < 4.78 is 2.43. The second-order valence-electron chi connectivity index (χ2n) is 16.3. The highest BCUT2D eigenvalue weighted by Gasteiger charge is 2.22. The van der Waals surface area contributed by atoms with Crippen molar-refractivity contribution in [3.8, 4) is 16.8 Å². The predicted octanol–water partition coefficient (Wildman–Crippen LogP) is 17.2. The average Bonchev–Trinajstić information content (AvgIpc) is 3.70. The summed E-state index contributed by atoms with van der Waals surface area (Å²) >= 11 is 0. The first-order valence-corrected chi connectivity index (χ1v) is 22.2. The van der Waals surface area contributed by atoms with E-state index < -0.39 is 0 Å². The van der Waals surface area contributed by atoms with Crippen LogP contribution in [0.25, 0.3) is 38.6 Å². The molecule has 11 rings (SSSR count). The predicted molar refractivity (Wildman–Crippen MR) is 275 cm³/mol. The summed E-state index contributed by atoms with van der Waals surface area (Å²) in [4.78, 5) is 7.06. The molecule has 310 valence electrons. The molecule has 0 unspecified atom stereocenters. The largest absolute Gasteiger partial charge is 0.310 e. The van der Waals surface area contributed by atoms with Crippen LogP contribution >= 0.6 is 0 Å². The van der Waals surface area contributed by atoms with Gasteiger partial charge in [0.25, 0.3) is 0 Å². The zero-order valence-electron chi connectivity index (χ0n) is 36.1. The third-order valence-electron chi connectivity index (χ3n) is 12.2. The Labute approximate surface area is 380 Å². The maximum atomic E-state index is 2.43. The number of anilines is 9. The van der Waals surface area contributed by atoms with E-state index in [4.69, 9.17) is 0 Å². The molecular weight excluding hydrogens is 789 g/mol. The Morgan fingerprint density at radius 1 is 0.292 bits per heavy atom. The lowest BCUT2D eigenvalue weighted by molar-refractivity contribution is 1.18. The first-order chi connectivity index (χ1) is 32.2. The maximum Gasteiger partial charge on any atom is 0.0562 e. The third kappa shape index (κ3) is 7.58. The van der Waals surface area contributed by atoms with E-state index in [1.165, 1.54) is 33.0 Å². The van der Waals surface area contributed by atoms with Crippen LogP contribution in [-0.2, 0) is 0 Å². The van der Waals surface area contributed by atoms with Gasteiger partial charge in [-0.05, 0) is 133 Å². The van der Waals surface area contributed by atoms with Gasteiger partial charge >= 0.3 is 0 Å². The van der Waals surface area contributed by atoms with E-state index in [0.29, 0.717) is 0 Å². The molecule has 0 radical (unpaired) electrons. The summed E-state index contributed by atoms with van der Waals surface area (Å²) in [6.45, 7) is 2.14. The van der Waals surface area contributed by atoms with Crippen molar-refractivity contribution in [3.63, 3.8) is 0 Å². The van der Waals surface area contributed by atoms with E-state index in [0.717, 1.165) is 62.4 Å². The van der Waals surface area contributed by atoms with Crippen LogP contribution in [0.5, 0.6) is 0 Å². The van der Waals surface area contributed by atoms with Crippen LogP contribution in [-0.4, -0.2) is 4.57 Å². The highest BCUT2D eigenvalue weighted by atomic mass is 15.2. The number of para-hydroxylation sites is 5. The number of benzene rings is 10. The summed E-state index contributed by atoms with van der Waals surface area (Å²) in [5.74, 6) is 0. The molecule has 4 nitrogen and oxygen atoms in total. The van der Waals surface area contributed by atoms with Gasteiger partial charge in [0.2, 0.25) is 0 Å². The van der Waals surface area contributed by atoms with Gasteiger partial charge in [0, 0.05) is 67.6 Å². The van der Waals surface area contributed by atoms with Crippen LogP contribution in [0.4, 0.5) is 51.2 Å². The smallest absolute Gasteiger partial charge is 0.0562 e. The number of fused-ring (bicyclic) bond motifs is 3. The molecule has 1 aromatic heterocycles. The van der Waals surface area contributed by atoms with Crippen molar-refractivity contribution in [3.05, 3.63) is 266 Å². The molecule has 0 saturated heterocycles. The summed E-state index contributed by atoms with van der Waals surface area (Å²) in [5, 5.41) is 2.44. The number of hydrogen-bond donors (Lipinski definition) is 0. The quantitative estimate of drug-likeness (QED) is 0.129. The van der Waals surface area contributed by atoms with Crippen molar-refractivity contribution < 1.29 is 0 Å². The van der Waals surface area contributed by atoms with Gasteiger partial charge in [-0.2, -0.15) is 0 Å². The number of nitrogens with zero attached hydrogens (tertiary/aromatic N) is 4. The fourth-order valence-electron chi connectivity index (χ4n) is 9.22. The summed E-state index contributed by atoms with van der Waals surface area (Å²) in [6.07, 6.45) is 0. The lowest BCUT2D eigenvalue weighted by atomic mass is 9.98. The SMILES string of the molecule is Cc1ccc(-c2cccc3c2c2ccc(N(c4cccc(N(c5ccccc5)c5ccccc5)c4)c4cccc(N(c5ccccc5)c5ccccc5)c4)cc2n3-c2ccccc2)cc1. The van der Waals surface area contributed by atoms with Gasteiger partial charge in [0.1, 0.15) is 0 Å². The number of aromatic nitrogens is 1. The molecule has 0 aliphatic carbocycles. The number of aryl methyl sites for hydroxylation is 1. The lowest BCUT2D eigenvalue weighted by Gasteiger charge is -2.31. The normalized spacial score (nSPS) is 11.2. The van der Waals surface area contributed by atoms with Gasteiger partial charge in [0.05, 0.1) is 11.0 Å². The molecule has 0 spiro atoms. The molecule has 0 bridgehead atoms. The van der Waals surface area contributed by atoms with Crippen LogP contribution in [0.15, 0.2) is 261 Å². The molecule has 0 fully saturated rings. The molecule has 65 heavy (non-hydrogen) atoms. The Kier molecular flexibility index (Phi) is 10.4. The second kappa shape index (κ2) is 17.3. The number of rotatable bonds is 11. The van der Waals surface area contributed by atoms with E-state index in [-0.39, 0.29) is 0 Å². The van der Waals surface area contributed by atoms with Crippen molar-refractivity contribution in [2.45, 2.75) is 6.92 Å². The lowest BCUT2D eigenvalue weighted by Crippen LogP contribution is -2.14. The van der Waals surface area contributed by atoms with Crippen LogP contribution < -0.4 is 14.7 Å². The molecule has 0 aliphatic heterocycles. The van der Waals surface area contributed by atoms with Gasteiger partial charge < -0.3 is 19.3 Å². The molecule has 0 amide bonds. The Morgan fingerprint density at radius 2 is 0.677 bits per heavy atom. The molecule has 0 aliphatic rings. The van der Waals surface area contributed by atoms with Crippen LogP contribution in [0.3, 0.4) is 0 Å². The highest BCUT2D eigenvalue weighted by molar-refractivity contribution is 6.16. The van der Waals surface area contributed by atoms with Crippen molar-refractivity contribution >= 4 is 73.0 Å². The highest BCUT2D eigenvalue weighted by Crippen LogP contribution is 2.46. The molecule has 4 heteroatoms. The summed E-state index contributed by atoms with van der Waals surface area (Å²) in [5.41, 5.74) is 16.6. The first-order valence-electron chi connectivity index (χ1n) is 22.2. The van der Waals surface area contributed by atoms with Gasteiger partial charge in [-0.15, -0.1) is 0 Å². The van der Waals surface area contributed by atoms with E-state index in [9.17, 15) is 0 Å². The van der Waals surface area contributed by atoms with E-state index in [1.54, 1.807) is 0 Å². The molecule has 0 atom stereocenters. The Hall–Kier alpha value is -8.60. The Morgan fingerprint density at radius 3 is 1.14 bits per heavy atom. The molecular formula is C61H46N4. The van der Waals surface area contributed by atoms with Gasteiger partial charge in [-0.1, -0.05) is 151 Å². The van der Waals surface area contributed by atoms with Gasteiger partial charge in [-0.25, -0.2) is 0 Å². The minimum Gasteiger partial charge on any atom is -0.310 e. The molecule has 10 aromatic carbocycles. The van der Waals surface area contributed by atoms with E-state index in [1.807, 2.05) is 0 Å². The minimum absolute atomic E-state index is 1.03. The standard InChI is InChI=1S/C61H46N4/c1-45-36-38-46(39-37-45)57-34-19-35-59-61(57)58-41-40-56(44-60(58)65(59)51-28-15-6-16-29-51)64(54-32-17-30-52(42-54)62(47-20-7-2-8-21-47)48-22-9-3-10-23-48)55-33-18-31-53(43-55)63(49-24-11-4-12-25-49)50-26-13-5-14-27-50/h2-44H,1H3. The van der Waals surface area contributed by atoms with Crippen molar-refractivity contribution in [1.29, 1.82) is 0 Å². The minimum atomic E-state index is 1.03. The average molecular weight is 835 g/mol. The maximum absolute atomic E-state index is 2.43. The van der Waals surface area contributed by atoms with Crippen LogP contribution in [0.2, 0.25) is 0 Å². The van der Waals surface area contributed by atoms with Crippen molar-refractivity contribution in [2.75, 3.05) is 14.7 Å². The fourth-order valence-corrected chi connectivity index (χ4v) is 9.22. The van der Waals surface area contributed by atoms with Crippen molar-refractivity contribution in [1.82, 2.24) is 4.57 Å². The zero-order chi connectivity index (χ0) is 43.5. The Balaban J connectivity index is 1.15. The first kappa shape index (κ1) is 39.3. The molecule has 0 saturated carbocycles. The van der Waals surface area contributed by atoms with Gasteiger partial charge in [-0.3, -0.25) is 0 Å². The number of hydrogen-bond acceptors (Lipinski definition) is 3. The fraction of sp³-hybridized carbons (Fsp3) is 0.0164. The Bertz CT molecular complexity index is 3160. The summed E-state index contributed by atoms with van der Waals surface area (Å²) in [6, 6.07) is 93.6. The molecule has 11 aromatic rings. The zero-order valence-corrected chi connectivity index (χ0v) is 36.1. The van der Waals surface area contributed by atoms with Crippen LogP contribution in [0, 0.1) is 6.92 Å². The topological polar surface area (TPSA) is 14.7 Å². The second-order valence-corrected chi connectivity index (χ2v) is 16.3. The van der Waals surface area contributed by atoms with E-state index in [2.05, 4.69) is 287 Å². The summed E-state index contributed by atoms with van der Waals surface area (Å²) in [7, 11) is 0. The van der Waals surface area contributed by atoms with Crippen molar-refractivity contribution in [2.24, 2.45) is 0 Å².